The Morgan fingerprint density at radius 2 is 0.649 bits per heavy atom. The molecule has 0 N–H and O–H groups in total. The normalized spacial score (nSPS) is 13.2. The van der Waals surface area contributed by atoms with Crippen LogP contribution in [0.4, 0.5) is 105 Å². The first-order valence-corrected chi connectivity index (χ1v) is 21.3. The number of alkyl halides is 24. The Morgan fingerprint density at radius 1 is 0.390 bits per heavy atom. The number of hydrogen-bond donors (Lipinski definition) is 1. The molecule has 0 atom stereocenters. The number of benzene rings is 5. The Balaban J connectivity index is 0.000000455. The average molecular weight is 1150 g/mol. The SMILES string of the molecule is FC(F)(F)c1cc([B-](c2cc(C(F)(F)F)cc(C(F)(F)F)c2)(c2cc(C(F)(F)F)cc(C(F)(F)F)c2)c2cc(C(F)(F)F)cc(C(F)(F)F)c2)cc(C(F)(F)F)c1.O=C(C[n+]1ccccc1C(=O)OCS)c1ccccc1. The van der Waals surface area contributed by atoms with Crippen LogP contribution >= 0.6 is 12.6 Å². The fourth-order valence-corrected chi connectivity index (χ4v) is 7.99. The van der Waals surface area contributed by atoms with Crippen molar-refractivity contribution in [3.05, 3.63) is 183 Å². The summed E-state index contributed by atoms with van der Waals surface area (Å²) in [7, 11) is 0. The van der Waals surface area contributed by atoms with Gasteiger partial charge in [-0.25, -0.2) is 4.79 Å². The molecule has 0 saturated heterocycles. The van der Waals surface area contributed by atoms with Crippen molar-refractivity contribution in [1.82, 2.24) is 0 Å². The van der Waals surface area contributed by atoms with Crippen molar-refractivity contribution in [2.45, 2.75) is 56.0 Å². The highest BCUT2D eigenvalue weighted by Gasteiger charge is 2.47. The summed E-state index contributed by atoms with van der Waals surface area (Å²) in [5, 5.41) is 0. The molecule has 4 nitrogen and oxygen atoms in total. The van der Waals surface area contributed by atoms with E-state index in [1.165, 1.54) is 0 Å². The molecule has 1 aromatic heterocycles. The predicted molar refractivity (Wildman–Crippen MR) is 227 cm³/mol. The van der Waals surface area contributed by atoms with E-state index in [4.69, 9.17) is 4.74 Å². The van der Waals surface area contributed by atoms with Gasteiger partial charge in [0.25, 0.3) is 5.69 Å². The molecule has 30 heteroatoms. The quantitative estimate of drug-likeness (QED) is 0.0298. The van der Waals surface area contributed by atoms with Gasteiger partial charge in [0, 0.05) is 17.7 Å². The van der Waals surface area contributed by atoms with Gasteiger partial charge < -0.3 is 4.74 Å². The zero-order valence-corrected chi connectivity index (χ0v) is 38.2. The Morgan fingerprint density at radius 3 is 0.896 bits per heavy atom. The third kappa shape index (κ3) is 14.4. The number of thiol groups is 1. The van der Waals surface area contributed by atoms with Crippen LogP contribution in [0.15, 0.2) is 128 Å². The van der Waals surface area contributed by atoms with Crippen LogP contribution in [0.1, 0.15) is 65.4 Å². The summed E-state index contributed by atoms with van der Waals surface area (Å²) in [6.45, 7) is 0.0852. The van der Waals surface area contributed by atoms with Gasteiger partial charge in [0.2, 0.25) is 12.3 Å². The fourth-order valence-electron chi connectivity index (χ4n) is 7.87. The molecule has 1 heterocycles. The van der Waals surface area contributed by atoms with Crippen molar-refractivity contribution in [1.29, 1.82) is 0 Å². The minimum atomic E-state index is -6.13. The first-order valence-electron chi connectivity index (χ1n) is 20.7. The van der Waals surface area contributed by atoms with E-state index < -0.39 is 201 Å². The molecule has 0 amide bonds. The molecule has 0 aliphatic carbocycles. The Labute approximate surface area is 421 Å². The van der Waals surface area contributed by atoms with Gasteiger partial charge in [-0.15, -0.1) is 12.6 Å². The molecule has 0 aliphatic rings. The number of pyridine rings is 1. The van der Waals surface area contributed by atoms with Crippen LogP contribution < -0.4 is 26.4 Å². The highest BCUT2D eigenvalue weighted by Crippen LogP contribution is 2.41. The molecule has 5 aromatic carbocycles. The van der Waals surface area contributed by atoms with E-state index in [9.17, 15) is 115 Å². The van der Waals surface area contributed by atoms with Gasteiger partial charge >= 0.3 is 55.4 Å². The monoisotopic (exact) mass is 1150 g/mol. The maximum Gasteiger partial charge on any atom is 0.416 e. The smallest absolute Gasteiger partial charge is 0.416 e. The summed E-state index contributed by atoms with van der Waals surface area (Å²) in [6, 6.07) is 5.24. The van der Waals surface area contributed by atoms with Crippen LogP contribution in [-0.2, 0) is 60.7 Å². The van der Waals surface area contributed by atoms with E-state index in [1.54, 1.807) is 53.2 Å². The van der Waals surface area contributed by atoms with Crippen LogP contribution in [0.3, 0.4) is 0 Å². The number of aromatic nitrogens is 1. The number of ether oxygens (including phenoxy) is 1. The van der Waals surface area contributed by atoms with E-state index in [1.807, 2.05) is 6.07 Å². The highest BCUT2D eigenvalue weighted by atomic mass is 32.1. The first-order chi connectivity index (χ1) is 35.0. The van der Waals surface area contributed by atoms with Gasteiger partial charge in [-0.1, -0.05) is 78.9 Å². The third-order valence-corrected chi connectivity index (χ3v) is 11.3. The van der Waals surface area contributed by atoms with E-state index in [0.717, 1.165) is 0 Å². The summed E-state index contributed by atoms with van der Waals surface area (Å²) in [4.78, 5) is 23.9. The second-order valence-electron chi connectivity index (χ2n) is 16.3. The number of hydrogen-bond acceptors (Lipinski definition) is 4. The lowest BCUT2D eigenvalue weighted by Crippen LogP contribution is -2.75. The second-order valence-corrected chi connectivity index (χ2v) is 16.5. The fraction of sp³-hybridized carbons (Fsp3) is 0.213. The minimum absolute atomic E-state index is 0.000356. The molecule has 0 radical (unpaired) electrons. The lowest BCUT2D eigenvalue weighted by Gasteiger charge is -2.46. The van der Waals surface area contributed by atoms with Gasteiger partial charge in [0.15, 0.2) is 6.20 Å². The number of esters is 1. The molecule has 6 rings (SSSR count). The number of halogens is 24. The maximum absolute atomic E-state index is 14.2. The molecule has 0 fully saturated rings. The molecule has 0 aliphatic heterocycles. The Kier molecular flexibility index (Phi) is 17.0. The van der Waals surface area contributed by atoms with Crippen molar-refractivity contribution in [3.8, 4) is 0 Å². The van der Waals surface area contributed by atoms with Crippen molar-refractivity contribution in [2.24, 2.45) is 0 Å². The summed E-state index contributed by atoms with van der Waals surface area (Å²) in [6.07, 6.45) is -53.1. The highest BCUT2D eigenvalue weighted by molar-refractivity contribution is 7.80. The molecule has 0 spiro atoms. The number of ketones is 1. The van der Waals surface area contributed by atoms with Gasteiger partial charge in [0.1, 0.15) is 12.1 Å². The Hall–Kier alpha value is -6.88. The molecule has 6 aromatic rings. The maximum atomic E-state index is 14.2. The third-order valence-electron chi connectivity index (χ3n) is 11.2. The number of rotatable bonds is 9. The Bertz CT molecular complexity index is 2680. The number of carbonyl (C=O) groups excluding carboxylic acids is 2. The van der Waals surface area contributed by atoms with Gasteiger partial charge in [-0.05, 0) is 30.3 Å². The zero-order valence-electron chi connectivity index (χ0n) is 37.3. The molecule has 0 bridgehead atoms. The van der Waals surface area contributed by atoms with Crippen LogP contribution in [0.2, 0.25) is 0 Å². The number of carbonyl (C=O) groups is 2. The standard InChI is InChI=1S/C32H12BF24.C15H13NO3S/c34-25(35,36)13-1-14(26(37,38)39)6-21(5-13)33(22-7-15(27(40,41)42)2-16(8-22)28(43,44)45,23-9-17(29(46,47)48)3-18(10-23)30(49,50)51)24-11-19(31(52,53)54)4-20(12-24)32(55,56)57;17-14(12-6-2-1-3-7-12)10-16-9-5-4-8-13(16)15(18)19-11-20/h1-12H;1-9H,10-11H2/q-1;/p+1. The van der Waals surface area contributed by atoms with Crippen LogP contribution in [-0.4, -0.2) is 23.8 Å². The molecular weight excluding hydrogens is 1130 g/mol. The topological polar surface area (TPSA) is 47.2 Å². The minimum Gasteiger partial charge on any atom is -0.447 e. The van der Waals surface area contributed by atoms with E-state index in [-0.39, 0.29) is 18.3 Å². The summed E-state index contributed by atoms with van der Waals surface area (Å²) < 4.78 is 347. The molecular formula is C47H26BF24NO3S. The largest absolute Gasteiger partial charge is 0.447 e. The van der Waals surface area contributed by atoms with Crippen LogP contribution in [0, 0.1) is 0 Å². The second kappa shape index (κ2) is 21.5. The van der Waals surface area contributed by atoms with Crippen molar-refractivity contribution in [3.63, 3.8) is 0 Å². The lowest BCUT2D eigenvalue weighted by atomic mass is 9.12. The van der Waals surface area contributed by atoms with E-state index in [0.29, 0.717) is 11.3 Å². The van der Waals surface area contributed by atoms with E-state index >= 15 is 0 Å². The first kappa shape index (κ1) is 61.0. The summed E-state index contributed by atoms with van der Waals surface area (Å²) in [5.41, 5.74) is -29.3. The molecule has 414 valence electrons. The van der Waals surface area contributed by atoms with Crippen molar-refractivity contribution >= 4 is 52.4 Å². The van der Waals surface area contributed by atoms with Crippen molar-refractivity contribution in [2.75, 3.05) is 5.94 Å². The number of Topliss-reactive ketones (excluding diaryl/α,β-unsaturated/α-hetero) is 1. The van der Waals surface area contributed by atoms with Crippen LogP contribution in [0.25, 0.3) is 0 Å². The summed E-state index contributed by atoms with van der Waals surface area (Å²) >= 11 is 3.85. The lowest BCUT2D eigenvalue weighted by molar-refractivity contribution is -0.685. The van der Waals surface area contributed by atoms with Gasteiger partial charge in [-0.2, -0.15) is 132 Å². The molecule has 0 unspecified atom stereocenters. The molecule has 77 heavy (non-hydrogen) atoms. The van der Waals surface area contributed by atoms with E-state index in [2.05, 4.69) is 12.6 Å². The van der Waals surface area contributed by atoms with Crippen LogP contribution in [0.5, 0.6) is 0 Å². The molecule has 0 saturated carbocycles. The van der Waals surface area contributed by atoms with Crippen molar-refractivity contribution < 1.29 is 124 Å². The zero-order chi connectivity index (χ0) is 58.3. The van der Waals surface area contributed by atoms with Gasteiger partial charge in [0.05, 0.1) is 44.5 Å². The average Bonchev–Trinajstić information content (AvgIpc) is 3.30. The summed E-state index contributed by atoms with van der Waals surface area (Å²) in [5.74, 6) is -0.566. The predicted octanol–water partition coefficient (Wildman–Crippen LogP) is 13.1. The number of nitrogens with zero attached hydrogens (tertiary/aromatic N) is 1. The van der Waals surface area contributed by atoms with Gasteiger partial charge in [-0.3, -0.25) is 4.79 Å².